The van der Waals surface area contributed by atoms with Crippen molar-refractivity contribution in [2.24, 2.45) is 0 Å². The quantitative estimate of drug-likeness (QED) is 0.313. The van der Waals surface area contributed by atoms with Crippen LogP contribution >= 0.6 is 11.3 Å². The number of hydrogen-bond acceptors (Lipinski definition) is 7. The van der Waals surface area contributed by atoms with Gasteiger partial charge in [0.15, 0.2) is 0 Å². The summed E-state index contributed by atoms with van der Waals surface area (Å²) in [5, 5.41) is 0.162. The summed E-state index contributed by atoms with van der Waals surface area (Å²) in [5.41, 5.74) is 2.09. The van der Waals surface area contributed by atoms with E-state index in [1.807, 2.05) is 53.2 Å². The predicted octanol–water partition coefficient (Wildman–Crippen LogP) is 6.80. The lowest BCUT2D eigenvalue weighted by Gasteiger charge is -2.27. The molecule has 8 nitrogen and oxygen atoms in total. The maximum Gasteiger partial charge on any atom is 0.426 e. The summed E-state index contributed by atoms with van der Waals surface area (Å²) < 4.78 is 12.9. The Bertz CT molecular complexity index is 1340. The molecule has 3 heterocycles. The average Bonchev–Trinajstić information content (AvgIpc) is 3.41. The molecule has 0 unspecified atom stereocenters. The van der Waals surface area contributed by atoms with Gasteiger partial charge in [0, 0.05) is 35.9 Å². The number of amides is 2. The molecule has 35 heavy (non-hydrogen) atoms. The number of imide groups is 1. The number of pyridine rings is 1. The molecule has 0 N–H and O–H groups in total. The van der Waals surface area contributed by atoms with Crippen LogP contribution in [0.3, 0.4) is 0 Å². The van der Waals surface area contributed by atoms with Gasteiger partial charge in [-0.1, -0.05) is 41.7 Å². The fourth-order valence-electron chi connectivity index (χ4n) is 3.35. The highest BCUT2D eigenvalue weighted by molar-refractivity contribution is 7.19. The van der Waals surface area contributed by atoms with Crippen LogP contribution in [-0.2, 0) is 9.47 Å². The van der Waals surface area contributed by atoms with Crippen molar-refractivity contribution >= 4 is 34.3 Å². The van der Waals surface area contributed by atoms with E-state index in [4.69, 9.17) is 9.47 Å². The molecule has 0 aliphatic rings. The highest BCUT2D eigenvalue weighted by Crippen LogP contribution is 2.36. The van der Waals surface area contributed by atoms with Gasteiger partial charge in [-0.15, -0.1) is 0 Å². The zero-order valence-electron chi connectivity index (χ0n) is 20.6. The Hall–Kier alpha value is -3.72. The molecule has 0 saturated carbocycles. The Morgan fingerprint density at radius 3 is 2.14 bits per heavy atom. The van der Waals surface area contributed by atoms with Crippen LogP contribution in [0.25, 0.3) is 27.2 Å². The fourth-order valence-corrected chi connectivity index (χ4v) is 4.22. The third-order valence-electron chi connectivity index (χ3n) is 4.69. The molecule has 2 amide bonds. The zero-order valence-corrected chi connectivity index (χ0v) is 21.4. The van der Waals surface area contributed by atoms with Crippen LogP contribution in [0.4, 0.5) is 14.7 Å². The second-order valence-electron chi connectivity index (χ2n) is 9.97. The molecular formula is C26H28N4O4S. The second-order valence-corrected chi connectivity index (χ2v) is 11.0. The highest BCUT2D eigenvalue weighted by atomic mass is 32.1. The monoisotopic (exact) mass is 492 g/mol. The lowest BCUT2D eigenvalue weighted by Crippen LogP contribution is -2.43. The number of nitrogens with zero attached hydrogens (tertiary/aromatic N) is 4. The first-order chi connectivity index (χ1) is 16.4. The second kappa shape index (κ2) is 9.14. The van der Waals surface area contributed by atoms with Gasteiger partial charge in [-0.3, -0.25) is 0 Å². The summed E-state index contributed by atoms with van der Waals surface area (Å²) in [6.07, 6.45) is 5.51. The van der Waals surface area contributed by atoms with E-state index in [0.717, 1.165) is 32.1 Å². The number of benzene rings is 1. The van der Waals surface area contributed by atoms with Crippen LogP contribution in [-0.4, -0.2) is 37.8 Å². The molecule has 0 fully saturated rings. The number of carbonyl (C=O) groups excluding carboxylic acids is 2. The first kappa shape index (κ1) is 24.4. The third kappa shape index (κ3) is 5.68. The van der Waals surface area contributed by atoms with E-state index in [0.29, 0.717) is 0 Å². The van der Waals surface area contributed by atoms with Gasteiger partial charge >= 0.3 is 12.2 Å². The summed E-state index contributed by atoms with van der Waals surface area (Å²) in [6, 6.07) is 12.0. The van der Waals surface area contributed by atoms with Crippen LogP contribution in [0.15, 0.2) is 61.2 Å². The molecule has 0 aliphatic heterocycles. The van der Waals surface area contributed by atoms with Crippen LogP contribution in [0.2, 0.25) is 0 Å². The summed E-state index contributed by atoms with van der Waals surface area (Å²) in [7, 11) is 0. The Morgan fingerprint density at radius 2 is 1.54 bits per heavy atom. The molecule has 9 heteroatoms. The van der Waals surface area contributed by atoms with E-state index in [-0.39, 0.29) is 5.13 Å². The van der Waals surface area contributed by atoms with Crippen molar-refractivity contribution < 1.29 is 19.1 Å². The molecular weight excluding hydrogens is 464 g/mol. The summed E-state index contributed by atoms with van der Waals surface area (Å²) in [5.74, 6) is 0. The summed E-state index contributed by atoms with van der Waals surface area (Å²) in [4.78, 5) is 36.4. The molecule has 0 atom stereocenters. The number of imidazole rings is 1. The van der Waals surface area contributed by atoms with E-state index in [1.54, 1.807) is 53.9 Å². The number of fused-ring (bicyclic) bond motifs is 1. The minimum absolute atomic E-state index is 0.162. The number of aromatic nitrogens is 3. The zero-order chi connectivity index (χ0) is 25.4. The first-order valence-electron chi connectivity index (χ1n) is 11.2. The lowest BCUT2D eigenvalue weighted by atomic mass is 10.0. The number of thiazole rings is 1. The Labute approximate surface area is 208 Å². The third-order valence-corrected chi connectivity index (χ3v) is 5.73. The number of anilines is 1. The van der Waals surface area contributed by atoms with E-state index in [1.165, 1.54) is 11.3 Å². The lowest BCUT2D eigenvalue weighted by molar-refractivity contribution is 0.0430. The number of carbonyl (C=O) groups is 2. The maximum atomic E-state index is 13.0. The summed E-state index contributed by atoms with van der Waals surface area (Å²) in [6.45, 7) is 10.4. The Kier molecular flexibility index (Phi) is 6.38. The van der Waals surface area contributed by atoms with Crippen molar-refractivity contribution in [3.8, 4) is 21.6 Å². The van der Waals surface area contributed by atoms with Crippen molar-refractivity contribution in [3.63, 3.8) is 0 Å². The van der Waals surface area contributed by atoms with Crippen molar-refractivity contribution in [1.29, 1.82) is 0 Å². The fraction of sp³-hybridized carbons (Fsp3) is 0.308. The van der Waals surface area contributed by atoms with Gasteiger partial charge in [0.05, 0.1) is 4.88 Å². The van der Waals surface area contributed by atoms with Gasteiger partial charge < -0.3 is 13.9 Å². The van der Waals surface area contributed by atoms with Crippen molar-refractivity contribution in [2.45, 2.75) is 52.7 Å². The smallest absolute Gasteiger partial charge is 0.426 e. The predicted molar refractivity (Wildman–Crippen MR) is 137 cm³/mol. The van der Waals surface area contributed by atoms with Gasteiger partial charge in [-0.25, -0.2) is 19.6 Å². The van der Waals surface area contributed by atoms with Crippen LogP contribution < -0.4 is 4.90 Å². The number of rotatable bonds is 3. The van der Waals surface area contributed by atoms with Crippen LogP contribution in [0.5, 0.6) is 0 Å². The summed E-state index contributed by atoms with van der Waals surface area (Å²) >= 11 is 1.20. The number of ether oxygens (including phenoxy) is 2. The normalized spacial score (nSPS) is 11.9. The van der Waals surface area contributed by atoms with Gasteiger partial charge in [0.2, 0.25) is 5.13 Å². The molecule has 3 aromatic heterocycles. The molecule has 0 bridgehead atoms. The largest absolute Gasteiger partial charge is 0.443 e. The highest BCUT2D eigenvalue weighted by Gasteiger charge is 2.34. The van der Waals surface area contributed by atoms with Crippen LogP contribution in [0, 0.1) is 0 Å². The molecule has 182 valence electrons. The average molecular weight is 493 g/mol. The number of hydrogen-bond donors (Lipinski definition) is 0. The molecule has 1 aromatic carbocycles. The van der Waals surface area contributed by atoms with Gasteiger partial charge in [0.1, 0.15) is 16.8 Å². The van der Waals surface area contributed by atoms with Crippen molar-refractivity contribution in [3.05, 3.63) is 61.2 Å². The Balaban J connectivity index is 1.75. The molecule has 0 spiro atoms. The van der Waals surface area contributed by atoms with E-state index in [2.05, 4.69) is 9.97 Å². The standard InChI is InChI=1S/C26H28N4O4S/c1-25(2,3)33-23(31)30(24(32)34-26(4,5)6)22-28-15-20(35-22)18-14-19(17-10-8-7-9-11-17)21-27-12-13-29(21)16-18/h7-16H,1-6H3. The van der Waals surface area contributed by atoms with Crippen molar-refractivity contribution in [2.75, 3.05) is 4.90 Å². The van der Waals surface area contributed by atoms with Gasteiger partial charge in [-0.2, -0.15) is 4.90 Å². The Morgan fingerprint density at radius 1 is 0.914 bits per heavy atom. The van der Waals surface area contributed by atoms with Gasteiger partial charge in [0.25, 0.3) is 0 Å². The van der Waals surface area contributed by atoms with Crippen molar-refractivity contribution in [1.82, 2.24) is 14.4 Å². The van der Waals surface area contributed by atoms with Crippen LogP contribution in [0.1, 0.15) is 41.5 Å². The first-order valence-corrected chi connectivity index (χ1v) is 12.0. The maximum absolute atomic E-state index is 13.0. The minimum atomic E-state index is -0.845. The van der Waals surface area contributed by atoms with E-state index >= 15 is 0 Å². The van der Waals surface area contributed by atoms with E-state index < -0.39 is 23.4 Å². The molecule has 0 radical (unpaired) electrons. The molecule has 0 saturated heterocycles. The van der Waals surface area contributed by atoms with Gasteiger partial charge in [-0.05, 0) is 53.2 Å². The topological polar surface area (TPSA) is 86.0 Å². The van der Waals surface area contributed by atoms with E-state index in [9.17, 15) is 9.59 Å². The molecule has 4 rings (SSSR count). The SMILES string of the molecule is CC(C)(C)OC(=O)N(C(=O)OC(C)(C)C)c1ncc(-c2cc(-c3ccccc3)c3nccn3c2)s1. The molecule has 0 aliphatic carbocycles. The molecule has 4 aromatic rings. The minimum Gasteiger partial charge on any atom is -0.443 e.